The van der Waals surface area contributed by atoms with Crippen LogP contribution in [-0.4, -0.2) is 5.11 Å². The lowest BCUT2D eigenvalue weighted by molar-refractivity contribution is 0.473. The van der Waals surface area contributed by atoms with Gasteiger partial charge in [0.1, 0.15) is 15.4 Å². The molecule has 1 rings (SSSR count). The van der Waals surface area contributed by atoms with Gasteiger partial charge in [0, 0.05) is 5.38 Å². The molecule has 1 aromatic heterocycles. The van der Waals surface area contributed by atoms with E-state index in [1.54, 1.807) is 5.38 Å². The van der Waals surface area contributed by atoms with Crippen LogP contribution in [0.25, 0.3) is 0 Å². The monoisotopic (exact) mass is 203 g/mol. The summed E-state index contributed by atoms with van der Waals surface area (Å²) in [7, 11) is 0. The molecule has 2 nitrogen and oxygen atoms in total. The quantitative estimate of drug-likeness (QED) is 0.703. The number of hydrogen-bond donors (Lipinski definition) is 1. The third-order valence-corrected chi connectivity index (χ3v) is 2.53. The van der Waals surface area contributed by atoms with E-state index in [0.29, 0.717) is 9.35 Å². The molecular formula is C5H2BrNOS. The highest BCUT2D eigenvalue weighted by atomic mass is 79.9. The third kappa shape index (κ3) is 1.07. The lowest BCUT2D eigenvalue weighted by atomic mass is 10.4. The van der Waals surface area contributed by atoms with Gasteiger partial charge in [0.05, 0.1) is 0 Å². The predicted octanol–water partition coefficient (Wildman–Crippen LogP) is 2.09. The molecule has 0 saturated carbocycles. The molecule has 0 radical (unpaired) electrons. The standard InChI is InChI=1S/C5H2BrNOS/c6-5-4(8)3(1-7)2-9-5/h2,8H. The molecule has 9 heavy (non-hydrogen) atoms. The topological polar surface area (TPSA) is 44.0 Å². The van der Waals surface area contributed by atoms with Gasteiger partial charge in [0.25, 0.3) is 0 Å². The first-order chi connectivity index (χ1) is 4.25. The Labute approximate surface area is 64.5 Å². The molecule has 0 spiro atoms. The fourth-order valence-electron chi connectivity index (χ4n) is 0.407. The van der Waals surface area contributed by atoms with Crippen molar-refractivity contribution in [2.75, 3.05) is 0 Å². The van der Waals surface area contributed by atoms with Crippen molar-refractivity contribution in [3.63, 3.8) is 0 Å². The number of nitrogens with zero attached hydrogens (tertiary/aromatic N) is 1. The Kier molecular flexibility index (Phi) is 1.74. The van der Waals surface area contributed by atoms with Crippen LogP contribution in [0.2, 0.25) is 0 Å². The van der Waals surface area contributed by atoms with Gasteiger partial charge in [0.2, 0.25) is 0 Å². The van der Waals surface area contributed by atoms with Crippen molar-refractivity contribution in [1.29, 1.82) is 5.26 Å². The molecule has 0 bridgehead atoms. The normalized spacial score (nSPS) is 8.89. The molecule has 4 heteroatoms. The molecule has 0 atom stereocenters. The van der Waals surface area contributed by atoms with Crippen LogP contribution in [0.4, 0.5) is 0 Å². The number of aromatic hydroxyl groups is 1. The number of rotatable bonds is 0. The summed E-state index contributed by atoms with van der Waals surface area (Å²) in [6.07, 6.45) is 0. The van der Waals surface area contributed by atoms with Crippen molar-refractivity contribution in [3.05, 3.63) is 14.7 Å². The first-order valence-corrected chi connectivity index (χ1v) is 3.79. The number of thiophene rings is 1. The average molecular weight is 204 g/mol. The molecular weight excluding hydrogens is 202 g/mol. The molecule has 1 aromatic rings. The summed E-state index contributed by atoms with van der Waals surface area (Å²) in [5.74, 6) is 0.0440. The van der Waals surface area contributed by atoms with Gasteiger partial charge in [0.15, 0.2) is 5.75 Å². The van der Waals surface area contributed by atoms with Crippen LogP contribution < -0.4 is 0 Å². The molecule has 0 aromatic carbocycles. The number of nitriles is 1. The van der Waals surface area contributed by atoms with Crippen LogP contribution in [0.15, 0.2) is 9.17 Å². The zero-order valence-corrected chi connectivity index (χ0v) is 6.66. The lowest BCUT2D eigenvalue weighted by Gasteiger charge is -1.82. The van der Waals surface area contributed by atoms with Crippen molar-refractivity contribution in [1.82, 2.24) is 0 Å². The second-order valence-corrected chi connectivity index (χ2v) is 3.58. The largest absolute Gasteiger partial charge is 0.505 e. The van der Waals surface area contributed by atoms with Gasteiger partial charge in [-0.05, 0) is 15.9 Å². The second kappa shape index (κ2) is 2.38. The van der Waals surface area contributed by atoms with Crippen LogP contribution >= 0.6 is 27.3 Å². The number of hydrogen-bond acceptors (Lipinski definition) is 3. The van der Waals surface area contributed by atoms with Crippen LogP contribution in [0.5, 0.6) is 5.75 Å². The van der Waals surface area contributed by atoms with Gasteiger partial charge in [-0.3, -0.25) is 0 Å². The van der Waals surface area contributed by atoms with E-state index in [2.05, 4.69) is 15.9 Å². The minimum absolute atomic E-state index is 0.0440. The summed E-state index contributed by atoms with van der Waals surface area (Å²) in [5.41, 5.74) is 0.326. The highest BCUT2D eigenvalue weighted by molar-refractivity contribution is 9.11. The van der Waals surface area contributed by atoms with Crippen molar-refractivity contribution in [3.8, 4) is 11.8 Å². The van der Waals surface area contributed by atoms with Crippen molar-refractivity contribution >= 4 is 27.3 Å². The molecule has 1 heterocycles. The summed E-state index contributed by atoms with van der Waals surface area (Å²) >= 11 is 4.37. The first-order valence-electron chi connectivity index (χ1n) is 2.11. The van der Waals surface area contributed by atoms with Crippen molar-refractivity contribution in [2.24, 2.45) is 0 Å². The Morgan fingerprint density at radius 3 is 2.67 bits per heavy atom. The van der Waals surface area contributed by atoms with Crippen molar-refractivity contribution in [2.45, 2.75) is 0 Å². The maximum Gasteiger partial charge on any atom is 0.158 e. The number of halogens is 1. The summed E-state index contributed by atoms with van der Waals surface area (Å²) in [6, 6.07) is 1.85. The fraction of sp³-hybridized carbons (Fsp3) is 0. The van der Waals surface area contributed by atoms with E-state index in [-0.39, 0.29) is 5.75 Å². The van der Waals surface area contributed by atoms with Gasteiger partial charge in [-0.15, -0.1) is 11.3 Å². The summed E-state index contributed by atoms with van der Waals surface area (Å²) < 4.78 is 0.610. The van der Waals surface area contributed by atoms with E-state index in [1.807, 2.05) is 6.07 Å². The van der Waals surface area contributed by atoms with E-state index in [9.17, 15) is 0 Å². The summed E-state index contributed by atoms with van der Waals surface area (Å²) in [4.78, 5) is 0. The average Bonchev–Trinajstić information content (AvgIpc) is 2.15. The molecule has 0 aliphatic carbocycles. The maximum absolute atomic E-state index is 8.98. The van der Waals surface area contributed by atoms with Gasteiger partial charge in [-0.1, -0.05) is 0 Å². The van der Waals surface area contributed by atoms with E-state index in [1.165, 1.54) is 11.3 Å². The molecule has 0 aliphatic rings. The van der Waals surface area contributed by atoms with E-state index in [0.717, 1.165) is 0 Å². The van der Waals surface area contributed by atoms with Crippen LogP contribution in [0.1, 0.15) is 5.56 Å². The Balaban J connectivity index is 3.24. The smallest absolute Gasteiger partial charge is 0.158 e. The molecule has 0 saturated heterocycles. The lowest BCUT2D eigenvalue weighted by Crippen LogP contribution is -1.63. The zero-order chi connectivity index (χ0) is 6.85. The Morgan fingerprint density at radius 1 is 1.78 bits per heavy atom. The van der Waals surface area contributed by atoms with E-state index < -0.39 is 0 Å². The highest BCUT2D eigenvalue weighted by Crippen LogP contribution is 2.33. The van der Waals surface area contributed by atoms with Crippen LogP contribution in [0, 0.1) is 11.3 Å². The van der Waals surface area contributed by atoms with Crippen LogP contribution in [0.3, 0.4) is 0 Å². The minimum atomic E-state index is 0.0440. The molecule has 0 fully saturated rings. The Hall–Kier alpha value is -0.530. The Bertz CT molecular complexity index is 262. The zero-order valence-electron chi connectivity index (χ0n) is 4.26. The summed E-state index contributed by atoms with van der Waals surface area (Å²) in [5, 5.41) is 18.9. The molecule has 1 N–H and O–H groups in total. The van der Waals surface area contributed by atoms with Crippen molar-refractivity contribution < 1.29 is 5.11 Å². The summed E-state index contributed by atoms with van der Waals surface area (Å²) in [6.45, 7) is 0. The third-order valence-electron chi connectivity index (χ3n) is 0.842. The predicted molar refractivity (Wildman–Crippen MR) is 38.4 cm³/mol. The molecule has 0 amide bonds. The van der Waals surface area contributed by atoms with Gasteiger partial charge in [-0.2, -0.15) is 5.26 Å². The minimum Gasteiger partial charge on any atom is -0.505 e. The van der Waals surface area contributed by atoms with Gasteiger partial charge >= 0.3 is 0 Å². The van der Waals surface area contributed by atoms with Crippen LogP contribution in [-0.2, 0) is 0 Å². The first kappa shape index (κ1) is 6.59. The van der Waals surface area contributed by atoms with Gasteiger partial charge < -0.3 is 5.11 Å². The highest BCUT2D eigenvalue weighted by Gasteiger charge is 2.05. The van der Waals surface area contributed by atoms with E-state index >= 15 is 0 Å². The Morgan fingerprint density at radius 2 is 2.44 bits per heavy atom. The van der Waals surface area contributed by atoms with E-state index in [4.69, 9.17) is 10.4 Å². The fourth-order valence-corrected chi connectivity index (χ4v) is 1.51. The molecule has 46 valence electrons. The molecule has 0 aliphatic heterocycles. The maximum atomic E-state index is 8.98. The SMILES string of the molecule is N#Cc1csc(Br)c1O. The molecule has 0 unspecified atom stereocenters. The second-order valence-electron chi connectivity index (χ2n) is 1.38. The van der Waals surface area contributed by atoms with Gasteiger partial charge in [-0.25, -0.2) is 0 Å².